The maximum atomic E-state index is 11.1. The van der Waals surface area contributed by atoms with Crippen LogP contribution in [0.2, 0.25) is 0 Å². The smallest absolute Gasteiger partial charge is 0.341 e. The van der Waals surface area contributed by atoms with Crippen LogP contribution in [0, 0.1) is 17.8 Å². The number of aliphatic hydroxyl groups is 3. The summed E-state index contributed by atoms with van der Waals surface area (Å²) in [4.78, 5) is 10.9. The van der Waals surface area contributed by atoms with E-state index in [-0.39, 0.29) is 23.9 Å². The molecule has 6 nitrogen and oxygen atoms in total. The first kappa shape index (κ1) is 22.1. The Morgan fingerprint density at radius 1 is 1.24 bits per heavy atom. The van der Waals surface area contributed by atoms with Gasteiger partial charge in [0.05, 0.1) is 18.3 Å². The number of rotatable bonds is 10. The zero-order valence-corrected chi connectivity index (χ0v) is 17.2. The van der Waals surface area contributed by atoms with Crippen LogP contribution in [0.25, 0.3) is 0 Å². The molecule has 0 heterocycles. The van der Waals surface area contributed by atoms with Crippen LogP contribution in [-0.4, -0.2) is 45.2 Å². The van der Waals surface area contributed by atoms with Gasteiger partial charge >= 0.3 is 5.97 Å². The topological polar surface area (TPSA) is 107 Å². The SMILES string of the molecule is CCCCC[C@H](O)CC[C@@H]1[C@@H]2[C@@H](Cc3c(OCC(=O)O)cccc3[C@H]2O)C[C@H]1O. The molecule has 0 amide bonds. The Morgan fingerprint density at radius 2 is 2.03 bits per heavy atom. The number of fused-ring (bicyclic) bond motifs is 2. The van der Waals surface area contributed by atoms with Gasteiger partial charge in [-0.1, -0.05) is 38.3 Å². The van der Waals surface area contributed by atoms with Crippen LogP contribution in [0.15, 0.2) is 18.2 Å². The third-order valence-corrected chi connectivity index (χ3v) is 6.72. The van der Waals surface area contributed by atoms with Crippen molar-refractivity contribution in [2.75, 3.05) is 6.61 Å². The van der Waals surface area contributed by atoms with E-state index in [0.717, 1.165) is 36.8 Å². The summed E-state index contributed by atoms with van der Waals surface area (Å²) >= 11 is 0. The van der Waals surface area contributed by atoms with Gasteiger partial charge in [0.2, 0.25) is 0 Å². The molecule has 0 saturated heterocycles. The van der Waals surface area contributed by atoms with Crippen LogP contribution in [0.1, 0.15) is 69.1 Å². The molecular weight excluding hydrogens is 372 g/mol. The molecule has 4 N–H and O–H groups in total. The predicted molar refractivity (Wildman–Crippen MR) is 109 cm³/mol. The molecule has 2 aliphatic carbocycles. The number of aliphatic carboxylic acids is 1. The fourth-order valence-corrected chi connectivity index (χ4v) is 5.33. The summed E-state index contributed by atoms with van der Waals surface area (Å²) in [5.74, 6) is -0.482. The van der Waals surface area contributed by atoms with Gasteiger partial charge in [0.15, 0.2) is 6.61 Å². The summed E-state index contributed by atoms with van der Waals surface area (Å²) in [6.07, 6.45) is 5.15. The highest BCUT2D eigenvalue weighted by Gasteiger charge is 2.49. The number of ether oxygens (including phenoxy) is 1. The molecule has 1 saturated carbocycles. The van der Waals surface area contributed by atoms with Gasteiger partial charge in [-0.3, -0.25) is 0 Å². The van der Waals surface area contributed by atoms with Crippen molar-refractivity contribution in [3.63, 3.8) is 0 Å². The molecule has 2 aliphatic rings. The lowest BCUT2D eigenvalue weighted by Crippen LogP contribution is -2.32. The van der Waals surface area contributed by atoms with Crippen molar-refractivity contribution in [1.82, 2.24) is 0 Å². The standard InChI is InChI=1S/C23H34O6/c1-2-3-4-6-15(24)9-10-17-19(25)12-14-11-18-16(23(28)22(14)17)7-5-8-20(18)29-13-21(26)27/h5,7-8,14-15,17,19,22-25,28H,2-4,6,9-13H2,1H3,(H,26,27)/t14-,15-,17-,19+,22-,23+/m0/s1. The molecule has 0 spiro atoms. The first-order valence-corrected chi connectivity index (χ1v) is 10.9. The lowest BCUT2D eigenvalue weighted by atomic mass is 9.71. The first-order chi connectivity index (χ1) is 13.9. The van der Waals surface area contributed by atoms with Gasteiger partial charge in [-0.15, -0.1) is 0 Å². The average molecular weight is 407 g/mol. The summed E-state index contributed by atoms with van der Waals surface area (Å²) in [6, 6.07) is 5.38. The molecule has 6 atom stereocenters. The van der Waals surface area contributed by atoms with Crippen LogP contribution >= 0.6 is 0 Å². The van der Waals surface area contributed by atoms with Crippen LogP contribution in [0.4, 0.5) is 0 Å². The minimum absolute atomic E-state index is 0.0347. The van der Waals surface area contributed by atoms with Gasteiger partial charge in [0.1, 0.15) is 5.75 Å². The molecule has 1 aromatic rings. The van der Waals surface area contributed by atoms with Crippen molar-refractivity contribution in [3.05, 3.63) is 29.3 Å². The molecule has 162 valence electrons. The Balaban J connectivity index is 1.69. The van der Waals surface area contributed by atoms with Crippen molar-refractivity contribution >= 4 is 5.97 Å². The Bertz CT molecular complexity index is 690. The van der Waals surface area contributed by atoms with E-state index >= 15 is 0 Å². The fourth-order valence-electron chi connectivity index (χ4n) is 5.33. The third kappa shape index (κ3) is 5.11. The fraction of sp³-hybridized carbons (Fsp3) is 0.696. The molecule has 3 rings (SSSR count). The molecule has 0 bridgehead atoms. The summed E-state index contributed by atoms with van der Waals surface area (Å²) in [5.41, 5.74) is 1.63. The Hall–Kier alpha value is -1.63. The van der Waals surface area contributed by atoms with E-state index in [0.29, 0.717) is 31.4 Å². The number of benzene rings is 1. The predicted octanol–water partition coefficient (Wildman–Crippen LogP) is 3.07. The number of unbranched alkanes of at least 4 members (excludes halogenated alkanes) is 2. The maximum absolute atomic E-state index is 11.1. The average Bonchev–Trinajstić information content (AvgIpc) is 3.00. The first-order valence-electron chi connectivity index (χ1n) is 10.9. The number of carboxylic acids is 1. The van der Waals surface area contributed by atoms with Gasteiger partial charge in [0.25, 0.3) is 0 Å². The molecule has 0 unspecified atom stereocenters. The Labute approximate surface area is 172 Å². The van der Waals surface area contributed by atoms with E-state index in [1.54, 1.807) is 12.1 Å². The second-order valence-corrected chi connectivity index (χ2v) is 8.69. The highest BCUT2D eigenvalue weighted by Crippen LogP contribution is 2.53. The summed E-state index contributed by atoms with van der Waals surface area (Å²) in [7, 11) is 0. The van der Waals surface area contributed by atoms with Crippen molar-refractivity contribution < 1.29 is 30.0 Å². The van der Waals surface area contributed by atoms with Crippen LogP contribution in [-0.2, 0) is 11.2 Å². The van der Waals surface area contributed by atoms with Crippen molar-refractivity contribution in [2.45, 2.75) is 76.6 Å². The van der Waals surface area contributed by atoms with E-state index in [9.17, 15) is 20.1 Å². The Kier molecular flexibility index (Phi) is 7.55. The summed E-state index contributed by atoms with van der Waals surface area (Å²) < 4.78 is 5.44. The molecule has 29 heavy (non-hydrogen) atoms. The Morgan fingerprint density at radius 3 is 2.76 bits per heavy atom. The van der Waals surface area contributed by atoms with Gasteiger partial charge in [-0.2, -0.15) is 0 Å². The number of carboxylic acid groups (broad SMARTS) is 1. The van der Waals surface area contributed by atoms with Crippen LogP contribution in [0.3, 0.4) is 0 Å². The lowest BCUT2D eigenvalue weighted by molar-refractivity contribution is -0.139. The van der Waals surface area contributed by atoms with Crippen molar-refractivity contribution in [2.24, 2.45) is 17.8 Å². The second kappa shape index (κ2) is 9.92. The summed E-state index contributed by atoms with van der Waals surface area (Å²) in [5, 5.41) is 41.0. The van der Waals surface area contributed by atoms with E-state index in [1.807, 2.05) is 6.07 Å². The highest BCUT2D eigenvalue weighted by molar-refractivity contribution is 5.68. The highest BCUT2D eigenvalue weighted by atomic mass is 16.5. The normalized spacial score (nSPS) is 29.2. The van der Waals surface area contributed by atoms with Crippen molar-refractivity contribution in [1.29, 1.82) is 0 Å². The van der Waals surface area contributed by atoms with E-state index in [2.05, 4.69) is 6.92 Å². The van der Waals surface area contributed by atoms with Gasteiger partial charge in [-0.05, 0) is 61.5 Å². The molecule has 1 aromatic carbocycles. The number of hydrogen-bond donors (Lipinski definition) is 4. The molecular formula is C23H34O6. The largest absolute Gasteiger partial charge is 0.482 e. The van der Waals surface area contributed by atoms with Crippen molar-refractivity contribution in [3.8, 4) is 5.75 Å². The second-order valence-electron chi connectivity index (χ2n) is 8.69. The minimum Gasteiger partial charge on any atom is -0.482 e. The molecule has 0 radical (unpaired) electrons. The quantitative estimate of drug-likeness (QED) is 0.445. The number of carbonyl (C=O) groups is 1. The van der Waals surface area contributed by atoms with Gasteiger partial charge in [-0.25, -0.2) is 4.79 Å². The number of hydrogen-bond acceptors (Lipinski definition) is 5. The zero-order valence-electron chi connectivity index (χ0n) is 17.2. The molecule has 1 fully saturated rings. The van der Waals surface area contributed by atoms with Crippen LogP contribution in [0.5, 0.6) is 5.75 Å². The van der Waals surface area contributed by atoms with E-state index < -0.39 is 24.8 Å². The maximum Gasteiger partial charge on any atom is 0.341 e. The minimum atomic E-state index is -1.04. The zero-order chi connectivity index (χ0) is 21.0. The molecule has 0 aromatic heterocycles. The monoisotopic (exact) mass is 406 g/mol. The third-order valence-electron chi connectivity index (χ3n) is 6.72. The molecule has 6 heteroatoms. The molecule has 0 aliphatic heterocycles. The van der Waals surface area contributed by atoms with Gasteiger partial charge in [0, 0.05) is 5.56 Å². The number of aliphatic hydroxyl groups excluding tert-OH is 3. The van der Waals surface area contributed by atoms with E-state index in [4.69, 9.17) is 9.84 Å². The van der Waals surface area contributed by atoms with Crippen LogP contribution < -0.4 is 4.74 Å². The lowest BCUT2D eigenvalue weighted by Gasteiger charge is -2.36. The van der Waals surface area contributed by atoms with Gasteiger partial charge < -0.3 is 25.2 Å². The van der Waals surface area contributed by atoms with E-state index in [1.165, 1.54) is 0 Å². The summed E-state index contributed by atoms with van der Waals surface area (Å²) in [6.45, 7) is 1.73.